The van der Waals surface area contributed by atoms with Crippen molar-refractivity contribution in [3.8, 4) is 5.69 Å². The van der Waals surface area contributed by atoms with Gasteiger partial charge in [-0.05, 0) is 67.9 Å². The number of aromatic nitrogens is 2. The van der Waals surface area contributed by atoms with Gasteiger partial charge in [-0.2, -0.15) is 0 Å². The number of nitrogens with zero attached hydrogens (tertiary/aromatic N) is 3. The molecule has 0 aliphatic carbocycles. The summed E-state index contributed by atoms with van der Waals surface area (Å²) in [5, 5.41) is 2.99. The molecule has 1 amide bonds. The van der Waals surface area contributed by atoms with Crippen LogP contribution in [0.5, 0.6) is 0 Å². The zero-order valence-corrected chi connectivity index (χ0v) is 18.3. The Hall–Kier alpha value is -3.64. The normalized spacial score (nSPS) is 14.0. The number of fused-ring (bicyclic) bond motifs is 1. The summed E-state index contributed by atoms with van der Waals surface area (Å²) in [7, 11) is 0. The van der Waals surface area contributed by atoms with Gasteiger partial charge >= 0.3 is 0 Å². The molecule has 1 aliphatic heterocycles. The zero-order chi connectivity index (χ0) is 22.1. The van der Waals surface area contributed by atoms with E-state index in [0.29, 0.717) is 5.56 Å². The summed E-state index contributed by atoms with van der Waals surface area (Å²) in [4.78, 5) is 19.7. The molecule has 1 aromatic heterocycles. The first-order valence-corrected chi connectivity index (χ1v) is 10.9. The summed E-state index contributed by atoms with van der Waals surface area (Å²) in [6.07, 6.45) is 1.81. The molecule has 32 heavy (non-hydrogen) atoms. The Kier molecular flexibility index (Phi) is 5.37. The van der Waals surface area contributed by atoms with E-state index in [1.165, 1.54) is 11.1 Å². The van der Waals surface area contributed by atoms with Crippen molar-refractivity contribution in [2.75, 3.05) is 36.5 Å². The van der Waals surface area contributed by atoms with Crippen LogP contribution in [-0.4, -0.2) is 41.8 Å². The van der Waals surface area contributed by atoms with E-state index >= 15 is 0 Å². The number of anilines is 2. The predicted molar refractivity (Wildman–Crippen MR) is 128 cm³/mol. The molecule has 6 nitrogen and oxygen atoms in total. The number of aryl methyl sites for hydroxylation is 2. The summed E-state index contributed by atoms with van der Waals surface area (Å²) in [5.74, 6) is -0.146. The second-order valence-electron chi connectivity index (χ2n) is 8.21. The van der Waals surface area contributed by atoms with Gasteiger partial charge in [0.25, 0.3) is 5.91 Å². The number of ether oxygens (including phenoxy) is 1. The molecule has 2 heterocycles. The standard InChI is InChI=1S/C26H26N4O2/c1-18-3-9-24(19(2)15-18)30-17-27-23-16-20(4-10-25(23)30)26(31)28-21-5-7-22(8-6-21)29-11-13-32-14-12-29/h3-10,15-17H,11-14H2,1-2H3,(H,28,31). The smallest absolute Gasteiger partial charge is 0.255 e. The Bertz CT molecular complexity index is 1270. The lowest BCUT2D eigenvalue weighted by Gasteiger charge is -2.28. The number of hydrogen-bond acceptors (Lipinski definition) is 4. The molecule has 6 heteroatoms. The molecule has 0 atom stereocenters. The quantitative estimate of drug-likeness (QED) is 0.513. The van der Waals surface area contributed by atoms with Crippen LogP contribution in [0, 0.1) is 13.8 Å². The van der Waals surface area contributed by atoms with Crippen molar-refractivity contribution < 1.29 is 9.53 Å². The Labute approximate surface area is 187 Å². The highest BCUT2D eigenvalue weighted by atomic mass is 16.5. The maximum atomic E-state index is 12.8. The molecule has 0 radical (unpaired) electrons. The fourth-order valence-corrected chi connectivity index (χ4v) is 4.20. The van der Waals surface area contributed by atoms with E-state index in [1.807, 2.05) is 48.8 Å². The van der Waals surface area contributed by atoms with Crippen LogP contribution in [0.2, 0.25) is 0 Å². The minimum atomic E-state index is -0.146. The Morgan fingerprint density at radius 2 is 1.75 bits per heavy atom. The summed E-state index contributed by atoms with van der Waals surface area (Å²) >= 11 is 0. The summed E-state index contributed by atoms with van der Waals surface area (Å²) in [6.45, 7) is 7.46. The fourth-order valence-electron chi connectivity index (χ4n) is 4.20. The molecule has 0 spiro atoms. The molecular formula is C26H26N4O2. The number of carbonyl (C=O) groups is 1. The molecule has 162 valence electrons. The van der Waals surface area contributed by atoms with Gasteiger partial charge in [-0.25, -0.2) is 4.98 Å². The number of imidazole rings is 1. The molecule has 3 aromatic carbocycles. The SMILES string of the molecule is Cc1ccc(-n2cnc3cc(C(=O)Nc4ccc(N5CCOCC5)cc4)ccc32)c(C)c1. The Morgan fingerprint density at radius 1 is 0.969 bits per heavy atom. The van der Waals surface area contributed by atoms with Crippen molar-refractivity contribution in [2.24, 2.45) is 0 Å². The minimum Gasteiger partial charge on any atom is -0.378 e. The molecule has 1 aliphatic rings. The molecule has 4 aromatic rings. The molecule has 1 fully saturated rings. The monoisotopic (exact) mass is 426 g/mol. The van der Waals surface area contributed by atoms with Crippen molar-refractivity contribution in [3.63, 3.8) is 0 Å². The third kappa shape index (κ3) is 3.97. The van der Waals surface area contributed by atoms with Crippen LogP contribution in [0.4, 0.5) is 11.4 Å². The van der Waals surface area contributed by atoms with Crippen LogP contribution in [0.1, 0.15) is 21.5 Å². The van der Waals surface area contributed by atoms with Gasteiger partial charge in [-0.15, -0.1) is 0 Å². The van der Waals surface area contributed by atoms with E-state index in [9.17, 15) is 4.79 Å². The maximum absolute atomic E-state index is 12.8. The average molecular weight is 427 g/mol. The lowest BCUT2D eigenvalue weighted by molar-refractivity contribution is 0.102. The number of carbonyl (C=O) groups excluding carboxylic acids is 1. The van der Waals surface area contributed by atoms with E-state index in [1.54, 1.807) is 0 Å². The van der Waals surface area contributed by atoms with Gasteiger partial charge < -0.3 is 15.0 Å². The van der Waals surface area contributed by atoms with Gasteiger partial charge in [0.05, 0.1) is 29.9 Å². The molecule has 5 rings (SSSR count). The third-order valence-electron chi connectivity index (χ3n) is 5.92. The lowest BCUT2D eigenvalue weighted by atomic mass is 10.1. The van der Waals surface area contributed by atoms with Gasteiger partial charge in [-0.1, -0.05) is 17.7 Å². The number of morpholine rings is 1. The van der Waals surface area contributed by atoms with Gasteiger partial charge in [0.15, 0.2) is 0 Å². The van der Waals surface area contributed by atoms with E-state index in [0.717, 1.165) is 54.4 Å². The number of nitrogens with one attached hydrogen (secondary N) is 1. The van der Waals surface area contributed by atoms with Crippen LogP contribution >= 0.6 is 0 Å². The van der Waals surface area contributed by atoms with Gasteiger partial charge in [-0.3, -0.25) is 9.36 Å². The van der Waals surface area contributed by atoms with Crippen LogP contribution in [0.15, 0.2) is 67.0 Å². The largest absolute Gasteiger partial charge is 0.378 e. The molecular weight excluding hydrogens is 400 g/mol. The molecule has 0 saturated carbocycles. The van der Waals surface area contributed by atoms with Crippen LogP contribution in [0.3, 0.4) is 0 Å². The maximum Gasteiger partial charge on any atom is 0.255 e. The Morgan fingerprint density at radius 3 is 2.50 bits per heavy atom. The van der Waals surface area contributed by atoms with E-state index in [4.69, 9.17) is 4.74 Å². The van der Waals surface area contributed by atoms with E-state index in [2.05, 4.69) is 51.8 Å². The van der Waals surface area contributed by atoms with Crippen molar-refractivity contribution in [1.29, 1.82) is 0 Å². The first kappa shape index (κ1) is 20.3. The van der Waals surface area contributed by atoms with Gasteiger partial charge in [0.2, 0.25) is 0 Å². The van der Waals surface area contributed by atoms with Crippen LogP contribution in [-0.2, 0) is 4.74 Å². The van der Waals surface area contributed by atoms with Crippen molar-refractivity contribution in [3.05, 3.63) is 83.7 Å². The highest BCUT2D eigenvalue weighted by molar-refractivity contribution is 6.06. The number of hydrogen-bond donors (Lipinski definition) is 1. The van der Waals surface area contributed by atoms with Crippen molar-refractivity contribution >= 4 is 28.3 Å². The minimum absolute atomic E-state index is 0.146. The molecule has 1 N–H and O–H groups in total. The van der Waals surface area contributed by atoms with Crippen molar-refractivity contribution in [2.45, 2.75) is 13.8 Å². The molecule has 1 saturated heterocycles. The van der Waals surface area contributed by atoms with Crippen LogP contribution in [0.25, 0.3) is 16.7 Å². The Balaban J connectivity index is 1.34. The van der Waals surface area contributed by atoms with Gasteiger partial charge in [0, 0.05) is 30.0 Å². The topological polar surface area (TPSA) is 59.4 Å². The third-order valence-corrected chi connectivity index (χ3v) is 5.92. The lowest BCUT2D eigenvalue weighted by Crippen LogP contribution is -2.36. The fraction of sp³-hybridized carbons (Fsp3) is 0.231. The predicted octanol–water partition coefficient (Wildman–Crippen LogP) is 4.73. The first-order valence-electron chi connectivity index (χ1n) is 10.9. The van der Waals surface area contributed by atoms with E-state index in [-0.39, 0.29) is 5.91 Å². The second kappa shape index (κ2) is 8.48. The average Bonchev–Trinajstić information content (AvgIpc) is 3.23. The summed E-state index contributed by atoms with van der Waals surface area (Å²) in [5.41, 5.74) is 7.77. The molecule has 0 bridgehead atoms. The number of benzene rings is 3. The highest BCUT2D eigenvalue weighted by Crippen LogP contribution is 2.24. The van der Waals surface area contributed by atoms with E-state index < -0.39 is 0 Å². The molecule has 0 unspecified atom stereocenters. The summed E-state index contributed by atoms with van der Waals surface area (Å²) < 4.78 is 7.47. The zero-order valence-electron chi connectivity index (χ0n) is 18.3. The highest BCUT2D eigenvalue weighted by Gasteiger charge is 2.13. The van der Waals surface area contributed by atoms with Crippen LogP contribution < -0.4 is 10.2 Å². The number of rotatable bonds is 4. The van der Waals surface area contributed by atoms with Gasteiger partial charge in [0.1, 0.15) is 6.33 Å². The second-order valence-corrected chi connectivity index (χ2v) is 8.21. The van der Waals surface area contributed by atoms with Crippen molar-refractivity contribution in [1.82, 2.24) is 9.55 Å². The number of amides is 1. The summed E-state index contributed by atoms with van der Waals surface area (Å²) in [6, 6.07) is 20.0. The first-order chi connectivity index (χ1) is 15.6.